The quantitative estimate of drug-likeness (QED) is 0.510. The highest BCUT2D eigenvalue weighted by molar-refractivity contribution is 6.07. The Balaban J connectivity index is 1.93. The average Bonchev–Trinajstić information content (AvgIpc) is 3.01. The van der Waals surface area contributed by atoms with Gasteiger partial charge < -0.3 is 0 Å². The van der Waals surface area contributed by atoms with Gasteiger partial charge in [-0.25, -0.2) is 9.97 Å². The van der Waals surface area contributed by atoms with Gasteiger partial charge in [0, 0.05) is 18.0 Å². The lowest BCUT2D eigenvalue weighted by atomic mass is 10.1. The molecule has 6 heteroatoms. The van der Waals surface area contributed by atoms with E-state index in [-0.39, 0.29) is 5.91 Å². The molecule has 0 aliphatic carbocycles. The molecule has 2 aromatic heterocycles. The molecule has 0 amide bonds. The first kappa shape index (κ1) is 10.1. The molecule has 0 unspecified atom stereocenters. The number of hydrogen-bond acceptors (Lipinski definition) is 5. The smallest absolute Gasteiger partial charge is 0.267 e. The van der Waals surface area contributed by atoms with Crippen LogP contribution in [-0.2, 0) is 0 Å². The van der Waals surface area contributed by atoms with Gasteiger partial charge in [0.2, 0.25) is 5.82 Å². The van der Waals surface area contributed by atoms with Gasteiger partial charge in [-0.15, -0.1) is 5.10 Å². The van der Waals surface area contributed by atoms with Crippen LogP contribution in [0.3, 0.4) is 0 Å². The predicted octanol–water partition coefficient (Wildman–Crippen LogP) is 1.40. The fourth-order valence-electron chi connectivity index (χ4n) is 2.13. The molecule has 0 spiro atoms. The van der Waals surface area contributed by atoms with Gasteiger partial charge in [-0.1, -0.05) is 18.2 Å². The zero-order valence-electron chi connectivity index (χ0n) is 9.69. The monoisotopic (exact) mass is 249 g/mol. The summed E-state index contributed by atoms with van der Waals surface area (Å²) in [5, 5.41) is 4.21. The lowest BCUT2D eigenvalue weighted by molar-refractivity contribution is 0.0955. The van der Waals surface area contributed by atoms with Crippen LogP contribution >= 0.6 is 0 Å². The number of nitrogens with zero attached hydrogens (tertiary/aromatic N) is 5. The molecule has 0 radical (unpaired) electrons. The van der Waals surface area contributed by atoms with Crippen LogP contribution in [0.15, 0.2) is 42.9 Å². The summed E-state index contributed by atoms with van der Waals surface area (Å²) in [6.07, 6.45) is 4.71. The molecule has 3 heterocycles. The Morgan fingerprint density at radius 3 is 2.68 bits per heavy atom. The molecular formula is C13H7N5O. The molecule has 0 saturated heterocycles. The van der Waals surface area contributed by atoms with Crippen LogP contribution in [0.2, 0.25) is 0 Å². The summed E-state index contributed by atoms with van der Waals surface area (Å²) >= 11 is 0. The van der Waals surface area contributed by atoms with Crippen molar-refractivity contribution in [1.82, 2.24) is 24.7 Å². The van der Waals surface area contributed by atoms with Gasteiger partial charge in [-0.3, -0.25) is 9.78 Å². The first-order chi connectivity index (χ1) is 9.34. The topological polar surface area (TPSA) is 73.6 Å². The molecule has 19 heavy (non-hydrogen) atoms. The van der Waals surface area contributed by atoms with E-state index in [0.717, 1.165) is 5.56 Å². The fraction of sp³-hybridized carbons (Fsp3) is 0. The SMILES string of the molecule is O=C1c2ccccc2-c2nc(-c3cnccn3)nn21. The first-order valence-corrected chi connectivity index (χ1v) is 5.72. The molecule has 0 fully saturated rings. The van der Waals surface area contributed by atoms with Crippen molar-refractivity contribution in [2.24, 2.45) is 0 Å². The van der Waals surface area contributed by atoms with Crippen molar-refractivity contribution in [2.75, 3.05) is 0 Å². The van der Waals surface area contributed by atoms with Gasteiger partial charge in [-0.2, -0.15) is 4.68 Å². The van der Waals surface area contributed by atoms with Gasteiger partial charge in [-0.05, 0) is 6.07 Å². The predicted molar refractivity (Wildman–Crippen MR) is 66.2 cm³/mol. The van der Waals surface area contributed by atoms with Crippen LogP contribution in [0.5, 0.6) is 0 Å². The minimum atomic E-state index is -0.159. The number of hydrogen-bond donors (Lipinski definition) is 0. The average molecular weight is 249 g/mol. The van der Waals surface area contributed by atoms with E-state index >= 15 is 0 Å². The Hall–Kier alpha value is -2.89. The van der Waals surface area contributed by atoms with E-state index in [1.165, 1.54) is 4.68 Å². The summed E-state index contributed by atoms with van der Waals surface area (Å²) in [5.74, 6) is 0.806. The van der Waals surface area contributed by atoms with Crippen molar-refractivity contribution < 1.29 is 4.79 Å². The van der Waals surface area contributed by atoms with Crippen LogP contribution in [0.25, 0.3) is 22.9 Å². The third-order valence-electron chi connectivity index (χ3n) is 2.99. The van der Waals surface area contributed by atoms with Gasteiger partial charge >= 0.3 is 0 Å². The van der Waals surface area contributed by atoms with Crippen molar-refractivity contribution in [3.05, 3.63) is 48.4 Å². The van der Waals surface area contributed by atoms with Crippen LogP contribution in [0.4, 0.5) is 0 Å². The molecule has 0 bridgehead atoms. The van der Waals surface area contributed by atoms with E-state index in [2.05, 4.69) is 20.1 Å². The number of rotatable bonds is 1. The molecule has 4 rings (SSSR count). The normalized spacial score (nSPS) is 12.3. The van der Waals surface area contributed by atoms with E-state index in [9.17, 15) is 4.79 Å². The van der Waals surface area contributed by atoms with Crippen LogP contribution in [0.1, 0.15) is 10.4 Å². The van der Waals surface area contributed by atoms with Crippen molar-refractivity contribution in [3.8, 4) is 22.9 Å². The van der Waals surface area contributed by atoms with E-state index in [1.807, 2.05) is 18.2 Å². The molecule has 90 valence electrons. The summed E-state index contributed by atoms with van der Waals surface area (Å²) < 4.78 is 1.31. The van der Waals surface area contributed by atoms with Gasteiger partial charge in [0.1, 0.15) is 5.69 Å². The maximum atomic E-state index is 12.2. The molecule has 1 aliphatic heterocycles. The summed E-state index contributed by atoms with van der Waals surface area (Å²) in [5.41, 5.74) is 1.98. The summed E-state index contributed by atoms with van der Waals surface area (Å²) in [7, 11) is 0. The number of carbonyl (C=O) groups excluding carboxylic acids is 1. The Kier molecular flexibility index (Phi) is 1.88. The zero-order valence-corrected chi connectivity index (χ0v) is 9.69. The van der Waals surface area contributed by atoms with Crippen molar-refractivity contribution >= 4 is 5.91 Å². The highest BCUT2D eigenvalue weighted by Gasteiger charge is 2.30. The second kappa shape index (κ2) is 3.55. The minimum Gasteiger partial charge on any atom is -0.267 e. The first-order valence-electron chi connectivity index (χ1n) is 5.72. The summed E-state index contributed by atoms with van der Waals surface area (Å²) in [6, 6.07) is 7.34. The molecule has 0 atom stereocenters. The second-order valence-electron chi connectivity index (χ2n) is 4.11. The van der Waals surface area contributed by atoms with E-state index in [4.69, 9.17) is 0 Å². The number of aromatic nitrogens is 5. The molecule has 6 nitrogen and oxygen atoms in total. The maximum Gasteiger partial charge on any atom is 0.280 e. The minimum absolute atomic E-state index is 0.159. The lowest BCUT2D eigenvalue weighted by Crippen LogP contribution is -2.08. The molecular weight excluding hydrogens is 242 g/mol. The molecule has 3 aromatic rings. The number of fused-ring (bicyclic) bond motifs is 3. The van der Waals surface area contributed by atoms with E-state index in [1.54, 1.807) is 24.7 Å². The van der Waals surface area contributed by atoms with Crippen LogP contribution in [0, 0.1) is 0 Å². The highest BCUT2D eigenvalue weighted by atomic mass is 16.2. The van der Waals surface area contributed by atoms with Crippen LogP contribution < -0.4 is 0 Å². The van der Waals surface area contributed by atoms with Crippen molar-refractivity contribution in [3.63, 3.8) is 0 Å². The third kappa shape index (κ3) is 1.33. The van der Waals surface area contributed by atoms with Crippen molar-refractivity contribution in [2.45, 2.75) is 0 Å². The third-order valence-corrected chi connectivity index (χ3v) is 2.99. The highest BCUT2D eigenvalue weighted by Crippen LogP contribution is 2.30. The fourth-order valence-corrected chi connectivity index (χ4v) is 2.13. The zero-order chi connectivity index (χ0) is 12.8. The Bertz CT molecular complexity index is 794. The van der Waals surface area contributed by atoms with Gasteiger partial charge in [0.15, 0.2) is 5.82 Å². The van der Waals surface area contributed by atoms with Gasteiger partial charge in [0.25, 0.3) is 5.91 Å². The van der Waals surface area contributed by atoms with E-state index < -0.39 is 0 Å². The summed E-state index contributed by atoms with van der Waals surface area (Å²) in [4.78, 5) is 24.6. The Morgan fingerprint density at radius 1 is 1.05 bits per heavy atom. The van der Waals surface area contributed by atoms with Gasteiger partial charge in [0.05, 0.1) is 11.8 Å². The number of carbonyl (C=O) groups is 1. The molecule has 1 aromatic carbocycles. The standard InChI is InChI=1S/C13H7N5O/c19-13-9-4-2-1-3-8(9)12-16-11(17-18(12)13)10-7-14-5-6-15-10/h1-7H. The maximum absolute atomic E-state index is 12.2. The molecule has 1 aliphatic rings. The largest absolute Gasteiger partial charge is 0.280 e. The second-order valence-corrected chi connectivity index (χ2v) is 4.11. The van der Waals surface area contributed by atoms with Crippen LogP contribution in [-0.4, -0.2) is 30.6 Å². The molecule has 0 saturated carbocycles. The Labute approximate surface area is 107 Å². The molecule has 0 N–H and O–H groups in total. The summed E-state index contributed by atoms with van der Waals surface area (Å²) in [6.45, 7) is 0. The van der Waals surface area contributed by atoms with E-state index in [0.29, 0.717) is 22.9 Å². The lowest BCUT2D eigenvalue weighted by Gasteiger charge is -1.95. The Morgan fingerprint density at radius 2 is 1.89 bits per heavy atom. The number of benzene rings is 1. The van der Waals surface area contributed by atoms with Crippen molar-refractivity contribution in [1.29, 1.82) is 0 Å².